The summed E-state index contributed by atoms with van der Waals surface area (Å²) in [6.07, 6.45) is 1.58. The highest BCUT2D eigenvalue weighted by Gasteiger charge is 2.20. The van der Waals surface area contributed by atoms with Crippen LogP contribution >= 0.6 is 23.1 Å². The number of aromatic nitrogens is 4. The molecule has 1 aromatic carbocycles. The van der Waals surface area contributed by atoms with Gasteiger partial charge in [0.05, 0.1) is 22.5 Å². The first-order valence-electron chi connectivity index (χ1n) is 9.21. The van der Waals surface area contributed by atoms with E-state index in [1.807, 2.05) is 49.6 Å². The van der Waals surface area contributed by atoms with Gasteiger partial charge in [0.1, 0.15) is 16.4 Å². The largest absolute Gasteiger partial charge is 0.469 e. The number of fused-ring (bicyclic) bond motifs is 1. The molecule has 0 fully saturated rings. The number of thioether (sulfide) groups is 1. The molecule has 0 aliphatic carbocycles. The van der Waals surface area contributed by atoms with Crippen LogP contribution in [-0.2, 0) is 0 Å². The van der Waals surface area contributed by atoms with Crippen molar-refractivity contribution in [3.8, 4) is 22.6 Å². The highest BCUT2D eigenvalue weighted by atomic mass is 32.2. The number of rotatable bonds is 5. The lowest BCUT2D eigenvalue weighted by Crippen LogP contribution is -2.12. The molecule has 5 rings (SSSR count). The fourth-order valence-electron chi connectivity index (χ4n) is 3.17. The van der Waals surface area contributed by atoms with Gasteiger partial charge in [-0.3, -0.25) is 4.79 Å². The summed E-state index contributed by atoms with van der Waals surface area (Å²) in [5, 5.41) is 11.0. The van der Waals surface area contributed by atoms with E-state index < -0.39 is 0 Å². The second-order valence-corrected chi connectivity index (χ2v) is 8.82. The molecule has 9 heteroatoms. The lowest BCUT2D eigenvalue weighted by molar-refractivity contribution is 0.462. The van der Waals surface area contributed by atoms with Gasteiger partial charge in [0.2, 0.25) is 0 Å². The summed E-state index contributed by atoms with van der Waals surface area (Å²) >= 11 is 2.80. The van der Waals surface area contributed by atoms with Crippen LogP contribution in [0.4, 0.5) is 0 Å². The van der Waals surface area contributed by atoms with E-state index in [4.69, 9.17) is 8.83 Å². The molecule has 5 aromatic rings. The Morgan fingerprint density at radius 1 is 1.13 bits per heavy atom. The van der Waals surface area contributed by atoms with Gasteiger partial charge in [-0.15, -0.1) is 21.5 Å². The molecular weight excluding hydrogens is 420 g/mol. The molecule has 7 nitrogen and oxygen atoms in total. The third-order valence-electron chi connectivity index (χ3n) is 4.71. The van der Waals surface area contributed by atoms with Crippen molar-refractivity contribution in [2.75, 3.05) is 0 Å². The zero-order valence-corrected chi connectivity index (χ0v) is 17.7. The van der Waals surface area contributed by atoms with Crippen LogP contribution in [-0.4, -0.2) is 20.2 Å². The van der Waals surface area contributed by atoms with Crippen LogP contribution < -0.4 is 5.56 Å². The van der Waals surface area contributed by atoms with Crippen LogP contribution in [0.15, 0.2) is 66.9 Å². The third-order valence-corrected chi connectivity index (χ3v) is 6.52. The van der Waals surface area contributed by atoms with Crippen LogP contribution in [0.25, 0.3) is 32.8 Å². The molecule has 4 aromatic heterocycles. The smallest absolute Gasteiger partial charge is 0.277 e. The minimum Gasteiger partial charge on any atom is -0.469 e. The fraction of sp³-hybridized carbons (Fsp3) is 0.143. The number of nitrogens with zero attached hydrogens (tertiary/aromatic N) is 3. The maximum atomic E-state index is 12.8. The first-order chi connectivity index (χ1) is 14.6. The molecule has 30 heavy (non-hydrogen) atoms. The molecule has 1 N–H and O–H groups in total. The van der Waals surface area contributed by atoms with Gasteiger partial charge in [0.15, 0.2) is 0 Å². The third kappa shape index (κ3) is 3.35. The van der Waals surface area contributed by atoms with Gasteiger partial charge in [-0.2, -0.15) is 0 Å². The van der Waals surface area contributed by atoms with E-state index in [9.17, 15) is 4.79 Å². The van der Waals surface area contributed by atoms with Gasteiger partial charge in [0, 0.05) is 10.9 Å². The summed E-state index contributed by atoms with van der Waals surface area (Å²) in [5.74, 6) is 1.68. The molecule has 0 radical (unpaired) electrons. The van der Waals surface area contributed by atoms with Gasteiger partial charge < -0.3 is 13.8 Å². The van der Waals surface area contributed by atoms with Crippen LogP contribution in [0.1, 0.15) is 23.8 Å². The number of thiophene rings is 1. The number of H-pyrrole nitrogens is 1. The van der Waals surface area contributed by atoms with Crippen LogP contribution in [0.3, 0.4) is 0 Å². The molecule has 150 valence electrons. The highest BCUT2D eigenvalue weighted by molar-refractivity contribution is 7.99. The number of aromatic amines is 1. The molecule has 1 atom stereocenters. The minimum absolute atomic E-state index is 0.150. The predicted octanol–water partition coefficient (Wildman–Crippen LogP) is 5.46. The first-order valence-corrected chi connectivity index (χ1v) is 11.0. The molecular formula is C21H16N4O3S2. The Morgan fingerprint density at radius 2 is 1.97 bits per heavy atom. The predicted molar refractivity (Wildman–Crippen MR) is 117 cm³/mol. The Morgan fingerprint density at radius 3 is 2.73 bits per heavy atom. The summed E-state index contributed by atoms with van der Waals surface area (Å²) in [6.45, 7) is 3.77. The molecule has 0 aliphatic rings. The molecule has 0 amide bonds. The zero-order valence-electron chi connectivity index (χ0n) is 16.1. The molecule has 0 spiro atoms. The maximum Gasteiger partial charge on any atom is 0.277 e. The number of hydrogen-bond acceptors (Lipinski definition) is 8. The Balaban J connectivity index is 1.43. The molecule has 4 heterocycles. The Bertz CT molecular complexity index is 1380. The monoisotopic (exact) mass is 436 g/mol. The number of aryl methyl sites for hydroxylation is 1. The number of furan rings is 1. The quantitative estimate of drug-likeness (QED) is 0.365. The maximum absolute atomic E-state index is 12.8. The summed E-state index contributed by atoms with van der Waals surface area (Å²) < 4.78 is 11.0. The van der Waals surface area contributed by atoms with E-state index in [1.165, 1.54) is 23.1 Å². The zero-order chi connectivity index (χ0) is 20.7. The van der Waals surface area contributed by atoms with Gasteiger partial charge in [0.25, 0.3) is 16.7 Å². The lowest BCUT2D eigenvalue weighted by Gasteiger charge is -2.07. The highest BCUT2D eigenvalue weighted by Crippen LogP contribution is 2.36. The van der Waals surface area contributed by atoms with E-state index in [1.54, 1.807) is 12.3 Å². The van der Waals surface area contributed by atoms with Crippen molar-refractivity contribution in [3.05, 3.63) is 70.0 Å². The van der Waals surface area contributed by atoms with E-state index in [-0.39, 0.29) is 10.8 Å². The second-order valence-electron chi connectivity index (χ2n) is 6.67. The fourth-order valence-corrected chi connectivity index (χ4v) is 4.86. The molecule has 0 bridgehead atoms. The van der Waals surface area contributed by atoms with E-state index in [2.05, 4.69) is 20.2 Å². The van der Waals surface area contributed by atoms with Crippen molar-refractivity contribution in [1.29, 1.82) is 0 Å². The van der Waals surface area contributed by atoms with Gasteiger partial charge in [-0.05, 0) is 25.5 Å². The Kier molecular flexibility index (Phi) is 4.76. The van der Waals surface area contributed by atoms with Crippen molar-refractivity contribution in [3.63, 3.8) is 0 Å². The molecule has 0 saturated heterocycles. The summed E-state index contributed by atoms with van der Waals surface area (Å²) in [4.78, 5) is 21.2. The average molecular weight is 437 g/mol. The molecule has 0 unspecified atom stereocenters. The SMILES string of the molecule is Cc1occc1-c1nnc(S[C@@H](C)c2nc3scc(-c4ccccc4)c3c(=O)[nH]2)o1. The molecule has 0 saturated carbocycles. The van der Waals surface area contributed by atoms with E-state index >= 15 is 0 Å². The van der Waals surface area contributed by atoms with Crippen LogP contribution in [0, 0.1) is 6.92 Å². The number of benzene rings is 1. The van der Waals surface area contributed by atoms with E-state index in [0.29, 0.717) is 32.9 Å². The summed E-state index contributed by atoms with van der Waals surface area (Å²) in [5.41, 5.74) is 2.51. The van der Waals surface area contributed by atoms with Crippen molar-refractivity contribution < 1.29 is 8.83 Å². The van der Waals surface area contributed by atoms with Gasteiger partial charge in [-0.25, -0.2) is 4.98 Å². The van der Waals surface area contributed by atoms with Crippen molar-refractivity contribution in [2.45, 2.75) is 24.3 Å². The van der Waals surface area contributed by atoms with Crippen LogP contribution in [0.2, 0.25) is 0 Å². The van der Waals surface area contributed by atoms with Crippen molar-refractivity contribution >= 4 is 33.3 Å². The van der Waals surface area contributed by atoms with Crippen LogP contribution in [0.5, 0.6) is 0 Å². The minimum atomic E-state index is -0.178. The standard InChI is InChI=1S/C21H16N4O3S2/c1-11-14(8-9-27-11)19-24-25-21(28-19)30-12(2)17-22-18(26)16-15(10-29-20(16)23-17)13-6-4-3-5-7-13/h3-10,12H,1-2H3,(H,22,23,26)/t12-/m0/s1. The average Bonchev–Trinajstić information content (AvgIpc) is 3.48. The molecule has 0 aliphatic heterocycles. The van der Waals surface area contributed by atoms with Gasteiger partial charge >= 0.3 is 0 Å². The lowest BCUT2D eigenvalue weighted by atomic mass is 10.1. The van der Waals surface area contributed by atoms with Crippen molar-refractivity contribution in [2.24, 2.45) is 0 Å². The normalized spacial score (nSPS) is 12.5. The Labute approximate surface area is 179 Å². The van der Waals surface area contributed by atoms with Gasteiger partial charge in [-0.1, -0.05) is 42.1 Å². The number of nitrogens with one attached hydrogen (secondary N) is 1. The second kappa shape index (κ2) is 7.58. The Hall–Kier alpha value is -3.17. The number of hydrogen-bond donors (Lipinski definition) is 1. The summed E-state index contributed by atoms with van der Waals surface area (Å²) in [7, 11) is 0. The van der Waals surface area contributed by atoms with Crippen molar-refractivity contribution in [1.82, 2.24) is 20.2 Å². The topological polar surface area (TPSA) is 97.8 Å². The first kappa shape index (κ1) is 18.8. The van der Waals surface area contributed by atoms with E-state index in [0.717, 1.165) is 16.7 Å². The summed E-state index contributed by atoms with van der Waals surface area (Å²) in [6, 6.07) is 11.6.